The summed E-state index contributed by atoms with van der Waals surface area (Å²) in [4.78, 5) is 15.4. The zero-order chi connectivity index (χ0) is 12.3. The van der Waals surface area contributed by atoms with Gasteiger partial charge in [-0.05, 0) is 12.1 Å². The number of carbonyl (C=O) groups excluding carboxylic acids is 1. The topological polar surface area (TPSA) is 94.0 Å². The molecule has 0 fully saturated rings. The van der Waals surface area contributed by atoms with Gasteiger partial charge in [-0.2, -0.15) is 0 Å². The van der Waals surface area contributed by atoms with Crippen LogP contribution in [0.15, 0.2) is 29.1 Å². The van der Waals surface area contributed by atoms with Crippen LogP contribution in [0.2, 0.25) is 0 Å². The Labute approximate surface area is 102 Å². The lowest BCUT2D eigenvalue weighted by molar-refractivity contribution is 0.100. The summed E-state index contributed by atoms with van der Waals surface area (Å²) in [6.07, 6.45) is 0. The van der Waals surface area contributed by atoms with E-state index in [1.807, 2.05) is 5.38 Å². The number of primary amides is 1. The molecule has 5 N–H and O–H groups in total. The third kappa shape index (κ3) is 2.54. The Balaban J connectivity index is 2.22. The van der Waals surface area contributed by atoms with E-state index >= 15 is 0 Å². The largest absolute Gasteiger partial charge is 0.397 e. The Morgan fingerprint density at radius 3 is 2.94 bits per heavy atom. The molecular weight excluding hydrogens is 236 g/mol. The third-order valence-electron chi connectivity index (χ3n) is 2.29. The second-order valence-electron chi connectivity index (χ2n) is 3.47. The van der Waals surface area contributed by atoms with Crippen LogP contribution in [0.3, 0.4) is 0 Å². The maximum atomic E-state index is 11.2. The van der Waals surface area contributed by atoms with Gasteiger partial charge in [0, 0.05) is 5.38 Å². The molecule has 1 aromatic heterocycles. The summed E-state index contributed by atoms with van der Waals surface area (Å²) >= 11 is 1.52. The minimum atomic E-state index is -0.502. The fraction of sp³-hybridized carbons (Fsp3) is 0.0909. The molecule has 88 valence electrons. The van der Waals surface area contributed by atoms with Crippen molar-refractivity contribution < 1.29 is 4.79 Å². The number of hydrogen-bond donors (Lipinski definition) is 3. The number of nitrogens with zero attached hydrogens (tertiary/aromatic N) is 1. The van der Waals surface area contributed by atoms with Gasteiger partial charge in [-0.3, -0.25) is 4.79 Å². The molecule has 17 heavy (non-hydrogen) atoms. The Kier molecular flexibility index (Phi) is 3.24. The maximum Gasteiger partial charge on any atom is 0.250 e. The number of nitrogens with two attached hydrogens (primary N) is 2. The van der Waals surface area contributed by atoms with Gasteiger partial charge in [-0.25, -0.2) is 4.98 Å². The summed E-state index contributed by atoms with van der Waals surface area (Å²) in [5, 5.41) is 5.01. The van der Waals surface area contributed by atoms with Crippen LogP contribution in [0.5, 0.6) is 0 Å². The van der Waals surface area contributed by atoms with Gasteiger partial charge in [0.2, 0.25) is 0 Å². The molecule has 1 heterocycles. The highest BCUT2D eigenvalue weighted by atomic mass is 32.1. The van der Waals surface area contributed by atoms with Crippen LogP contribution in [0.25, 0.3) is 0 Å². The van der Waals surface area contributed by atoms with Crippen molar-refractivity contribution in [2.24, 2.45) is 5.73 Å². The van der Waals surface area contributed by atoms with Crippen molar-refractivity contribution in [1.82, 2.24) is 4.98 Å². The van der Waals surface area contributed by atoms with Gasteiger partial charge in [0.25, 0.3) is 5.91 Å². The second kappa shape index (κ2) is 4.84. The lowest BCUT2D eigenvalue weighted by Gasteiger charge is -2.11. The summed E-state index contributed by atoms with van der Waals surface area (Å²) < 4.78 is 0. The number of benzene rings is 1. The van der Waals surface area contributed by atoms with Gasteiger partial charge in [-0.1, -0.05) is 6.07 Å². The number of para-hydroxylation sites is 1. The molecule has 6 heteroatoms. The van der Waals surface area contributed by atoms with Crippen molar-refractivity contribution >= 4 is 28.6 Å². The Morgan fingerprint density at radius 2 is 2.29 bits per heavy atom. The molecule has 0 atom stereocenters. The molecule has 0 saturated heterocycles. The summed E-state index contributed by atoms with van der Waals surface area (Å²) in [5.74, 6) is -0.502. The number of rotatable bonds is 4. The molecule has 0 saturated carbocycles. The molecule has 1 aromatic carbocycles. The molecule has 0 radical (unpaired) electrons. The van der Waals surface area contributed by atoms with E-state index in [9.17, 15) is 4.79 Å². The van der Waals surface area contributed by atoms with E-state index < -0.39 is 5.91 Å². The smallest absolute Gasteiger partial charge is 0.250 e. The summed E-state index contributed by atoms with van der Waals surface area (Å²) in [7, 11) is 0. The van der Waals surface area contributed by atoms with Crippen LogP contribution in [-0.2, 0) is 6.54 Å². The van der Waals surface area contributed by atoms with Crippen LogP contribution < -0.4 is 16.8 Å². The van der Waals surface area contributed by atoms with Crippen molar-refractivity contribution in [2.45, 2.75) is 6.54 Å². The van der Waals surface area contributed by atoms with E-state index in [4.69, 9.17) is 11.5 Å². The summed E-state index contributed by atoms with van der Waals surface area (Å²) in [5.41, 5.74) is 15.2. The summed E-state index contributed by atoms with van der Waals surface area (Å²) in [6, 6.07) is 5.06. The van der Waals surface area contributed by atoms with Gasteiger partial charge in [0.05, 0.1) is 34.7 Å². The molecule has 0 aliphatic heterocycles. The third-order valence-corrected chi connectivity index (χ3v) is 2.93. The van der Waals surface area contributed by atoms with Crippen LogP contribution in [-0.4, -0.2) is 10.9 Å². The van der Waals surface area contributed by atoms with E-state index in [0.717, 1.165) is 5.69 Å². The van der Waals surface area contributed by atoms with Crippen molar-refractivity contribution in [1.29, 1.82) is 0 Å². The number of hydrogen-bond acceptors (Lipinski definition) is 5. The van der Waals surface area contributed by atoms with E-state index in [2.05, 4.69) is 10.3 Å². The Bertz CT molecular complexity index is 524. The normalized spacial score (nSPS) is 10.1. The fourth-order valence-electron chi connectivity index (χ4n) is 1.48. The molecule has 0 aliphatic rings. The number of carbonyl (C=O) groups is 1. The zero-order valence-corrected chi connectivity index (χ0v) is 9.83. The number of aromatic nitrogens is 1. The van der Waals surface area contributed by atoms with Crippen LogP contribution in [0.4, 0.5) is 11.4 Å². The monoisotopic (exact) mass is 248 g/mol. The van der Waals surface area contributed by atoms with Gasteiger partial charge >= 0.3 is 0 Å². The van der Waals surface area contributed by atoms with E-state index in [-0.39, 0.29) is 0 Å². The van der Waals surface area contributed by atoms with E-state index in [1.165, 1.54) is 11.3 Å². The van der Waals surface area contributed by atoms with Crippen LogP contribution in [0, 0.1) is 0 Å². The molecule has 5 nitrogen and oxygen atoms in total. The number of anilines is 2. The number of nitrogen functional groups attached to an aromatic ring is 1. The van der Waals surface area contributed by atoms with Gasteiger partial charge in [0.15, 0.2) is 0 Å². The fourth-order valence-corrected chi connectivity index (χ4v) is 2.03. The quantitative estimate of drug-likeness (QED) is 0.713. The highest BCUT2D eigenvalue weighted by molar-refractivity contribution is 7.07. The first kappa shape index (κ1) is 11.4. The first-order chi connectivity index (χ1) is 8.18. The molecular formula is C11H12N4OS. The number of amides is 1. The average molecular weight is 248 g/mol. The van der Waals surface area contributed by atoms with E-state index in [0.29, 0.717) is 23.5 Å². The van der Waals surface area contributed by atoms with Crippen molar-refractivity contribution in [2.75, 3.05) is 11.1 Å². The van der Waals surface area contributed by atoms with E-state index in [1.54, 1.807) is 23.7 Å². The molecule has 0 aliphatic carbocycles. The maximum absolute atomic E-state index is 11.2. The lowest BCUT2D eigenvalue weighted by atomic mass is 10.1. The standard InChI is InChI=1S/C11H12N4OS/c12-9-3-1-2-8(11(13)16)10(9)14-4-7-5-17-6-15-7/h1-3,5-6,14H,4,12H2,(H2,13,16). The molecule has 0 unspecified atom stereocenters. The molecule has 2 aromatic rings. The average Bonchev–Trinajstić information content (AvgIpc) is 2.80. The lowest BCUT2D eigenvalue weighted by Crippen LogP contribution is -2.15. The van der Waals surface area contributed by atoms with Crippen molar-refractivity contribution in [3.05, 3.63) is 40.3 Å². The van der Waals surface area contributed by atoms with Gasteiger partial charge in [0.1, 0.15) is 0 Å². The van der Waals surface area contributed by atoms with Gasteiger partial charge in [-0.15, -0.1) is 11.3 Å². The Morgan fingerprint density at radius 1 is 1.47 bits per heavy atom. The van der Waals surface area contributed by atoms with Crippen molar-refractivity contribution in [3.8, 4) is 0 Å². The number of nitrogens with one attached hydrogen (secondary N) is 1. The predicted molar refractivity (Wildman–Crippen MR) is 68.8 cm³/mol. The molecule has 0 spiro atoms. The summed E-state index contributed by atoms with van der Waals surface area (Å²) in [6.45, 7) is 0.512. The first-order valence-corrected chi connectivity index (χ1v) is 5.92. The van der Waals surface area contributed by atoms with Crippen LogP contribution >= 0.6 is 11.3 Å². The number of thiazole rings is 1. The SMILES string of the molecule is NC(=O)c1cccc(N)c1NCc1cscn1. The predicted octanol–water partition coefficient (Wildman–Crippen LogP) is 1.44. The van der Waals surface area contributed by atoms with Crippen LogP contribution in [0.1, 0.15) is 16.1 Å². The highest BCUT2D eigenvalue weighted by Crippen LogP contribution is 2.23. The first-order valence-electron chi connectivity index (χ1n) is 4.97. The Hall–Kier alpha value is -2.08. The van der Waals surface area contributed by atoms with Crippen molar-refractivity contribution in [3.63, 3.8) is 0 Å². The minimum absolute atomic E-state index is 0.389. The minimum Gasteiger partial charge on any atom is -0.397 e. The highest BCUT2D eigenvalue weighted by Gasteiger charge is 2.10. The van der Waals surface area contributed by atoms with Gasteiger partial charge < -0.3 is 16.8 Å². The molecule has 0 bridgehead atoms. The molecule has 1 amide bonds. The second-order valence-corrected chi connectivity index (χ2v) is 4.19. The zero-order valence-electron chi connectivity index (χ0n) is 9.01. The molecule has 2 rings (SSSR count).